The van der Waals surface area contributed by atoms with Crippen LogP contribution in [0.2, 0.25) is 0 Å². The lowest BCUT2D eigenvalue weighted by Crippen LogP contribution is -2.12. The normalized spacial score (nSPS) is 11.6. The van der Waals surface area contributed by atoms with Crippen molar-refractivity contribution in [1.82, 2.24) is 19.7 Å². The summed E-state index contributed by atoms with van der Waals surface area (Å²) in [6, 6.07) is 16.1. The van der Waals surface area contributed by atoms with E-state index in [1.807, 2.05) is 30.3 Å². The lowest BCUT2D eigenvalue weighted by atomic mass is 10.2. The molecule has 0 fully saturated rings. The number of nitrogens with two attached hydrogens (primary N) is 1. The molecule has 136 valence electrons. The first kappa shape index (κ1) is 17.1. The molecule has 0 spiro atoms. The summed E-state index contributed by atoms with van der Waals surface area (Å²) in [4.78, 5) is 8.66. The number of primary sulfonamides is 1. The number of nitrogens with one attached hydrogen (secondary N) is 1. The van der Waals surface area contributed by atoms with Crippen LogP contribution in [-0.2, 0) is 16.6 Å². The Labute approximate surface area is 155 Å². The van der Waals surface area contributed by atoms with Gasteiger partial charge in [0.2, 0.25) is 10.0 Å². The summed E-state index contributed by atoms with van der Waals surface area (Å²) >= 11 is 0. The molecular formula is C18H16N6O2S. The standard InChI is InChI=1S/C18H16N6O2S/c19-27(25,26)15-8-6-14(7-9-15)24-18-16(11-23-24)17(21-12-22-18)20-10-13-4-2-1-3-5-13/h1-9,11-12H,10H2,(H2,19,25,26)(H,20,21,22). The Morgan fingerprint density at radius 2 is 1.74 bits per heavy atom. The van der Waals surface area contributed by atoms with Crippen LogP contribution in [0, 0.1) is 0 Å². The molecule has 8 nitrogen and oxygen atoms in total. The quantitative estimate of drug-likeness (QED) is 0.548. The summed E-state index contributed by atoms with van der Waals surface area (Å²) in [7, 11) is -3.74. The molecule has 2 heterocycles. The van der Waals surface area contributed by atoms with Crippen molar-refractivity contribution in [3.63, 3.8) is 0 Å². The van der Waals surface area contributed by atoms with Crippen molar-refractivity contribution in [3.8, 4) is 5.69 Å². The Hall–Kier alpha value is -3.30. The van der Waals surface area contributed by atoms with Gasteiger partial charge in [0.25, 0.3) is 0 Å². The second-order valence-corrected chi connectivity index (χ2v) is 7.46. The zero-order valence-corrected chi connectivity index (χ0v) is 15.0. The van der Waals surface area contributed by atoms with Gasteiger partial charge in [-0.15, -0.1) is 0 Å². The lowest BCUT2D eigenvalue weighted by Gasteiger charge is -2.07. The van der Waals surface area contributed by atoms with Crippen LogP contribution in [0.25, 0.3) is 16.7 Å². The molecule has 0 amide bonds. The van der Waals surface area contributed by atoms with Gasteiger partial charge < -0.3 is 5.32 Å². The largest absolute Gasteiger partial charge is 0.365 e. The molecule has 4 aromatic rings. The van der Waals surface area contributed by atoms with E-state index >= 15 is 0 Å². The van der Waals surface area contributed by atoms with Gasteiger partial charge in [0.1, 0.15) is 12.1 Å². The summed E-state index contributed by atoms with van der Waals surface area (Å²) in [5.41, 5.74) is 2.42. The van der Waals surface area contributed by atoms with Gasteiger partial charge in [-0.1, -0.05) is 30.3 Å². The smallest absolute Gasteiger partial charge is 0.238 e. The second-order valence-electron chi connectivity index (χ2n) is 5.89. The molecule has 9 heteroatoms. The first-order valence-electron chi connectivity index (χ1n) is 8.12. The Morgan fingerprint density at radius 1 is 1.00 bits per heavy atom. The van der Waals surface area contributed by atoms with Crippen molar-refractivity contribution in [2.75, 3.05) is 5.32 Å². The molecule has 4 rings (SSSR count). The Kier molecular flexibility index (Phi) is 4.30. The Morgan fingerprint density at radius 3 is 2.44 bits per heavy atom. The third kappa shape index (κ3) is 3.50. The number of aromatic nitrogens is 4. The lowest BCUT2D eigenvalue weighted by molar-refractivity contribution is 0.598. The van der Waals surface area contributed by atoms with Crippen molar-refractivity contribution >= 4 is 26.9 Å². The zero-order valence-electron chi connectivity index (χ0n) is 14.1. The number of nitrogens with zero attached hydrogens (tertiary/aromatic N) is 4. The van der Waals surface area contributed by atoms with E-state index in [0.717, 1.165) is 10.9 Å². The highest BCUT2D eigenvalue weighted by atomic mass is 32.2. The summed E-state index contributed by atoms with van der Waals surface area (Å²) in [6.45, 7) is 0.626. The number of hydrogen-bond acceptors (Lipinski definition) is 6. The van der Waals surface area contributed by atoms with Gasteiger partial charge >= 0.3 is 0 Å². The monoisotopic (exact) mass is 380 g/mol. The number of sulfonamides is 1. The molecule has 2 aromatic heterocycles. The highest BCUT2D eigenvalue weighted by Gasteiger charge is 2.12. The van der Waals surface area contributed by atoms with Crippen LogP contribution >= 0.6 is 0 Å². The second kappa shape index (κ2) is 6.78. The summed E-state index contributed by atoms with van der Waals surface area (Å²) in [5.74, 6) is 0.677. The van der Waals surface area contributed by atoms with Gasteiger partial charge in [-0.25, -0.2) is 28.2 Å². The van der Waals surface area contributed by atoms with Gasteiger partial charge in [-0.2, -0.15) is 5.10 Å². The predicted octanol–water partition coefficient (Wildman–Crippen LogP) is 2.08. The average Bonchev–Trinajstić information content (AvgIpc) is 3.11. The predicted molar refractivity (Wildman–Crippen MR) is 102 cm³/mol. The third-order valence-corrected chi connectivity index (χ3v) is 5.01. The van der Waals surface area contributed by atoms with Gasteiger partial charge in [0.05, 0.1) is 22.2 Å². The van der Waals surface area contributed by atoms with Crippen molar-refractivity contribution in [2.45, 2.75) is 11.4 Å². The van der Waals surface area contributed by atoms with Crippen molar-refractivity contribution < 1.29 is 8.42 Å². The molecule has 0 radical (unpaired) electrons. The van der Waals surface area contributed by atoms with Crippen LogP contribution in [-0.4, -0.2) is 28.2 Å². The fraction of sp³-hybridized carbons (Fsp3) is 0.0556. The first-order chi connectivity index (χ1) is 13.0. The summed E-state index contributed by atoms with van der Waals surface area (Å²) in [5, 5.41) is 13.6. The maximum Gasteiger partial charge on any atom is 0.238 e. The Bertz CT molecular complexity index is 1190. The van der Waals surface area contributed by atoms with Gasteiger partial charge in [0.15, 0.2) is 5.65 Å². The van der Waals surface area contributed by atoms with E-state index in [2.05, 4.69) is 20.4 Å². The fourth-order valence-electron chi connectivity index (χ4n) is 2.73. The van der Waals surface area contributed by atoms with E-state index in [0.29, 0.717) is 23.7 Å². The number of fused-ring (bicyclic) bond motifs is 1. The molecular weight excluding hydrogens is 364 g/mol. The van der Waals surface area contributed by atoms with Gasteiger partial charge in [0, 0.05) is 6.54 Å². The fourth-order valence-corrected chi connectivity index (χ4v) is 3.25. The van der Waals surface area contributed by atoms with Crippen molar-refractivity contribution in [1.29, 1.82) is 0 Å². The number of rotatable bonds is 5. The van der Waals surface area contributed by atoms with E-state index in [1.165, 1.54) is 18.5 Å². The SMILES string of the molecule is NS(=O)(=O)c1ccc(-n2ncc3c(NCc4ccccc4)ncnc32)cc1. The highest BCUT2D eigenvalue weighted by molar-refractivity contribution is 7.89. The topological polar surface area (TPSA) is 116 Å². The van der Waals surface area contributed by atoms with E-state index < -0.39 is 10.0 Å². The molecule has 3 N–H and O–H groups in total. The maximum atomic E-state index is 11.4. The maximum absolute atomic E-state index is 11.4. The Balaban J connectivity index is 1.66. The zero-order chi connectivity index (χ0) is 18.9. The number of benzene rings is 2. The van der Waals surface area contributed by atoms with E-state index in [1.54, 1.807) is 23.0 Å². The molecule has 0 aliphatic rings. The van der Waals surface area contributed by atoms with Crippen LogP contribution in [0.5, 0.6) is 0 Å². The van der Waals surface area contributed by atoms with Crippen molar-refractivity contribution in [3.05, 3.63) is 72.7 Å². The molecule has 0 aliphatic heterocycles. The van der Waals surface area contributed by atoms with E-state index in [-0.39, 0.29) is 4.90 Å². The minimum Gasteiger partial charge on any atom is -0.365 e. The van der Waals surface area contributed by atoms with Gasteiger partial charge in [-0.05, 0) is 29.8 Å². The molecule has 0 bridgehead atoms. The van der Waals surface area contributed by atoms with E-state index in [9.17, 15) is 8.42 Å². The molecule has 0 unspecified atom stereocenters. The minimum atomic E-state index is -3.74. The molecule has 2 aromatic carbocycles. The number of hydrogen-bond donors (Lipinski definition) is 2. The third-order valence-electron chi connectivity index (χ3n) is 4.08. The highest BCUT2D eigenvalue weighted by Crippen LogP contribution is 2.22. The molecule has 0 aliphatic carbocycles. The van der Waals surface area contributed by atoms with Crippen LogP contribution < -0.4 is 10.5 Å². The minimum absolute atomic E-state index is 0.0440. The van der Waals surface area contributed by atoms with Gasteiger partial charge in [-0.3, -0.25) is 0 Å². The summed E-state index contributed by atoms with van der Waals surface area (Å²) in [6.07, 6.45) is 3.14. The van der Waals surface area contributed by atoms with Crippen molar-refractivity contribution in [2.24, 2.45) is 5.14 Å². The molecule has 0 atom stereocenters. The van der Waals surface area contributed by atoms with Crippen LogP contribution in [0.15, 0.2) is 72.0 Å². The van der Waals surface area contributed by atoms with Crippen LogP contribution in [0.3, 0.4) is 0 Å². The average molecular weight is 380 g/mol. The number of anilines is 1. The molecule has 27 heavy (non-hydrogen) atoms. The summed E-state index contributed by atoms with van der Waals surface area (Å²) < 4.78 is 24.4. The van der Waals surface area contributed by atoms with Crippen LogP contribution in [0.4, 0.5) is 5.82 Å². The first-order valence-corrected chi connectivity index (χ1v) is 9.67. The van der Waals surface area contributed by atoms with E-state index in [4.69, 9.17) is 5.14 Å². The molecule has 0 saturated carbocycles. The molecule has 0 saturated heterocycles. The van der Waals surface area contributed by atoms with Crippen LogP contribution in [0.1, 0.15) is 5.56 Å².